The number of allylic oxidation sites excluding steroid dienone is 1. The third kappa shape index (κ3) is 3.05. The van der Waals surface area contributed by atoms with Crippen molar-refractivity contribution in [1.82, 2.24) is 0 Å². The molecule has 1 aromatic carbocycles. The van der Waals surface area contributed by atoms with Gasteiger partial charge in [0.1, 0.15) is 0 Å². The Balaban J connectivity index is 3.07. The van der Waals surface area contributed by atoms with Crippen LogP contribution in [0.3, 0.4) is 0 Å². The topological polar surface area (TPSA) is 70.0 Å². The minimum Gasteiger partial charge on any atom is -0.369 e. The maximum Gasteiger partial charge on any atom is 0.200 e. The quantitative estimate of drug-likeness (QED) is 0.644. The van der Waals surface area contributed by atoms with Gasteiger partial charge in [-0.3, -0.25) is 0 Å². The number of hydrogen-bond acceptors (Lipinski definition) is 4. The summed E-state index contributed by atoms with van der Waals surface area (Å²) in [4.78, 5) is 0.165. The number of rotatable bonds is 3. The van der Waals surface area contributed by atoms with Gasteiger partial charge in [0.15, 0.2) is 0 Å². The van der Waals surface area contributed by atoms with Crippen LogP contribution in [0.4, 0.5) is 5.69 Å². The highest BCUT2D eigenvalue weighted by molar-refractivity contribution is 7.94. The summed E-state index contributed by atoms with van der Waals surface area (Å²) in [6.07, 6.45) is 0.942. The van der Waals surface area contributed by atoms with Crippen molar-refractivity contribution in [3.63, 3.8) is 0 Å². The van der Waals surface area contributed by atoms with E-state index in [1.165, 1.54) is 12.1 Å². The maximum atomic E-state index is 11.5. The molecule has 0 amide bonds. The predicted molar refractivity (Wildman–Crippen MR) is 61.7 cm³/mol. The molecule has 0 bridgehead atoms. The first-order valence-corrected chi connectivity index (χ1v) is 6.10. The van der Waals surface area contributed by atoms with E-state index in [2.05, 4.69) is 14.5 Å². The fraction of sp³-hybridized carbons (Fsp3) is 0. The lowest BCUT2D eigenvalue weighted by atomic mass is 10.3. The molecular weight excluding hydrogens is 231 g/mol. The fourth-order valence-electron chi connectivity index (χ4n) is 0.939. The van der Waals surface area contributed by atoms with Crippen LogP contribution in [0.5, 0.6) is 0 Å². The first-order chi connectivity index (χ1) is 7.10. The van der Waals surface area contributed by atoms with Crippen LogP contribution in [0, 0.1) is 11.3 Å². The third-order valence-electron chi connectivity index (χ3n) is 1.67. The number of sulfone groups is 1. The molecule has 0 aliphatic carbocycles. The monoisotopic (exact) mass is 240 g/mol. The molecule has 0 heterocycles. The molecule has 4 nitrogen and oxygen atoms in total. The van der Waals surface area contributed by atoms with Gasteiger partial charge in [0, 0.05) is 17.2 Å². The van der Waals surface area contributed by atoms with E-state index in [4.69, 9.17) is 5.26 Å². The van der Waals surface area contributed by atoms with Crippen molar-refractivity contribution in [3.05, 3.63) is 35.7 Å². The van der Waals surface area contributed by atoms with Gasteiger partial charge in [0.05, 0.1) is 11.0 Å². The average molecular weight is 240 g/mol. The van der Waals surface area contributed by atoms with Crippen molar-refractivity contribution in [2.45, 2.75) is 4.90 Å². The number of nitrogens with zero attached hydrogens (tertiary/aromatic N) is 1. The highest BCUT2D eigenvalue weighted by Crippen LogP contribution is 2.16. The van der Waals surface area contributed by atoms with E-state index in [-0.39, 0.29) is 4.90 Å². The molecule has 1 unspecified atom stereocenters. The molecule has 0 radical (unpaired) electrons. The zero-order valence-electron chi connectivity index (χ0n) is 7.71. The summed E-state index contributed by atoms with van der Waals surface area (Å²) in [5, 5.41) is 11.9. The molecule has 6 heteroatoms. The molecule has 1 aromatic rings. The van der Waals surface area contributed by atoms with E-state index < -0.39 is 9.84 Å². The van der Waals surface area contributed by atoms with E-state index in [0.29, 0.717) is 0 Å². The smallest absolute Gasteiger partial charge is 0.200 e. The molecular formula is C9H9N2O2PS. The molecule has 0 aliphatic rings. The summed E-state index contributed by atoms with van der Waals surface area (Å²) in [6, 6.07) is 7.87. The Morgan fingerprint density at radius 1 is 1.33 bits per heavy atom. The first-order valence-electron chi connectivity index (χ1n) is 3.98. The third-order valence-corrected chi connectivity index (χ3v) is 3.43. The van der Waals surface area contributed by atoms with Crippen molar-refractivity contribution in [3.8, 4) is 6.07 Å². The van der Waals surface area contributed by atoms with Crippen LogP contribution in [-0.4, -0.2) is 8.42 Å². The number of nitriles is 1. The molecule has 78 valence electrons. The van der Waals surface area contributed by atoms with Crippen LogP contribution in [-0.2, 0) is 9.84 Å². The van der Waals surface area contributed by atoms with E-state index in [1.54, 1.807) is 18.2 Å². The molecule has 0 aliphatic heterocycles. The summed E-state index contributed by atoms with van der Waals surface area (Å²) >= 11 is 0. The second kappa shape index (κ2) is 4.92. The minimum absolute atomic E-state index is 0.165. The van der Waals surface area contributed by atoms with Gasteiger partial charge in [-0.05, 0) is 33.7 Å². The Bertz CT molecular complexity index is 500. The zero-order chi connectivity index (χ0) is 11.3. The van der Waals surface area contributed by atoms with Crippen molar-refractivity contribution in [1.29, 1.82) is 5.26 Å². The average Bonchev–Trinajstić information content (AvgIpc) is 2.26. The number of nitrogens with one attached hydrogen (secondary N) is 1. The lowest BCUT2D eigenvalue weighted by Crippen LogP contribution is -1.95. The highest BCUT2D eigenvalue weighted by atomic mass is 32.2. The van der Waals surface area contributed by atoms with E-state index >= 15 is 0 Å². The van der Waals surface area contributed by atoms with Gasteiger partial charge in [-0.1, -0.05) is 0 Å². The standard InChI is InChI=1S/C9H9N2O2PS/c10-6-1-7-15(12,13)9-4-2-8(11-14)3-5-9/h1-5,7,11H,14H2/b7-1+. The maximum absolute atomic E-state index is 11.5. The second-order valence-electron chi connectivity index (χ2n) is 2.65. The zero-order valence-corrected chi connectivity index (χ0v) is 9.68. The Kier molecular flexibility index (Phi) is 3.84. The number of anilines is 1. The Labute approximate surface area is 90.8 Å². The SMILES string of the molecule is N#C/C=C/S(=O)(=O)c1ccc(NP)cc1. The summed E-state index contributed by atoms with van der Waals surface area (Å²) in [5.41, 5.74) is 0.795. The molecule has 1 N–H and O–H groups in total. The minimum atomic E-state index is -3.49. The molecule has 0 aromatic heterocycles. The summed E-state index contributed by atoms with van der Waals surface area (Å²) in [6.45, 7) is 0. The Morgan fingerprint density at radius 3 is 2.40 bits per heavy atom. The molecule has 0 spiro atoms. The molecule has 1 rings (SSSR count). The molecule has 0 saturated carbocycles. The van der Waals surface area contributed by atoms with Crippen molar-refractivity contribution < 1.29 is 8.42 Å². The van der Waals surface area contributed by atoms with E-state index in [0.717, 1.165) is 17.2 Å². The van der Waals surface area contributed by atoms with Gasteiger partial charge in [-0.15, -0.1) is 0 Å². The van der Waals surface area contributed by atoms with Gasteiger partial charge in [0.2, 0.25) is 9.84 Å². The highest BCUT2D eigenvalue weighted by Gasteiger charge is 2.09. The van der Waals surface area contributed by atoms with Crippen LogP contribution < -0.4 is 5.09 Å². The van der Waals surface area contributed by atoms with Gasteiger partial charge in [-0.2, -0.15) is 5.26 Å². The lowest BCUT2D eigenvalue weighted by Gasteiger charge is -2.01. The second-order valence-corrected chi connectivity index (χ2v) is 4.77. The van der Waals surface area contributed by atoms with Gasteiger partial charge in [0.25, 0.3) is 0 Å². The number of hydrogen-bond donors (Lipinski definition) is 1. The Hall–Kier alpha value is -1.37. The van der Waals surface area contributed by atoms with Crippen LogP contribution in [0.2, 0.25) is 0 Å². The van der Waals surface area contributed by atoms with Crippen LogP contribution in [0.1, 0.15) is 0 Å². The normalized spacial score (nSPS) is 11.2. The van der Waals surface area contributed by atoms with E-state index in [9.17, 15) is 8.42 Å². The summed E-state index contributed by atoms with van der Waals surface area (Å²) in [7, 11) is -1.17. The van der Waals surface area contributed by atoms with Crippen molar-refractivity contribution >= 4 is 24.9 Å². The van der Waals surface area contributed by atoms with Gasteiger partial charge in [-0.25, -0.2) is 8.42 Å². The lowest BCUT2D eigenvalue weighted by molar-refractivity contribution is 0.604. The molecule has 1 atom stereocenters. The van der Waals surface area contributed by atoms with Gasteiger partial charge < -0.3 is 5.09 Å². The van der Waals surface area contributed by atoms with Gasteiger partial charge >= 0.3 is 0 Å². The van der Waals surface area contributed by atoms with Crippen LogP contribution in [0.15, 0.2) is 40.6 Å². The Morgan fingerprint density at radius 2 is 1.93 bits per heavy atom. The summed E-state index contributed by atoms with van der Waals surface area (Å²) in [5.74, 6) is 0. The predicted octanol–water partition coefficient (Wildman–Crippen LogP) is 1.70. The molecule has 15 heavy (non-hydrogen) atoms. The van der Waals surface area contributed by atoms with E-state index in [1.807, 2.05) is 0 Å². The molecule has 0 saturated heterocycles. The van der Waals surface area contributed by atoms with Crippen molar-refractivity contribution in [2.75, 3.05) is 5.09 Å². The van der Waals surface area contributed by atoms with Crippen LogP contribution >= 0.6 is 9.39 Å². The largest absolute Gasteiger partial charge is 0.369 e. The fourth-order valence-corrected chi connectivity index (χ4v) is 2.04. The summed E-state index contributed by atoms with van der Waals surface area (Å²) < 4.78 is 23.1. The number of benzene rings is 1. The van der Waals surface area contributed by atoms with Crippen LogP contribution in [0.25, 0.3) is 0 Å². The first kappa shape index (κ1) is 11.7. The molecule has 0 fully saturated rings. The van der Waals surface area contributed by atoms with Crippen molar-refractivity contribution in [2.24, 2.45) is 0 Å².